The lowest BCUT2D eigenvalue weighted by Gasteiger charge is -2.36. The summed E-state index contributed by atoms with van der Waals surface area (Å²) in [5.41, 5.74) is 5.11. The molecular weight excluding hydrogens is 182 g/mol. The molecule has 1 rings (SSSR count). The zero-order valence-corrected chi connectivity index (χ0v) is 8.62. The van der Waals surface area contributed by atoms with Gasteiger partial charge in [0.1, 0.15) is 0 Å². The third-order valence-electron chi connectivity index (χ3n) is 2.61. The topological polar surface area (TPSA) is 75.4 Å². The van der Waals surface area contributed by atoms with Gasteiger partial charge in [-0.15, -0.1) is 0 Å². The minimum absolute atomic E-state index is 0.0209. The number of nitrogens with two attached hydrogens (primary N) is 1. The molecule has 80 valence electrons. The molecule has 1 aliphatic heterocycles. The van der Waals surface area contributed by atoms with E-state index in [1.165, 1.54) is 0 Å². The highest BCUT2D eigenvalue weighted by molar-refractivity contribution is 5.82. The second kappa shape index (κ2) is 4.41. The minimum Gasteiger partial charge on any atom is -0.370 e. The van der Waals surface area contributed by atoms with Crippen LogP contribution < -0.4 is 11.1 Å². The van der Waals surface area contributed by atoms with Gasteiger partial charge in [0.25, 0.3) is 0 Å². The Morgan fingerprint density at radius 2 is 2.43 bits per heavy atom. The van der Waals surface area contributed by atoms with Crippen molar-refractivity contribution in [2.45, 2.75) is 32.4 Å². The average Bonchev–Trinajstić information content (AvgIpc) is 2.08. The van der Waals surface area contributed by atoms with E-state index in [9.17, 15) is 9.59 Å². The predicted molar refractivity (Wildman–Crippen MR) is 52.5 cm³/mol. The van der Waals surface area contributed by atoms with Crippen LogP contribution in [-0.2, 0) is 9.59 Å². The van der Waals surface area contributed by atoms with Crippen molar-refractivity contribution >= 4 is 11.8 Å². The zero-order chi connectivity index (χ0) is 10.7. The molecule has 14 heavy (non-hydrogen) atoms. The van der Waals surface area contributed by atoms with Crippen LogP contribution in [0.25, 0.3) is 0 Å². The molecule has 0 aromatic carbocycles. The molecule has 0 saturated carbocycles. The quantitative estimate of drug-likeness (QED) is 0.616. The molecule has 1 saturated heterocycles. The summed E-state index contributed by atoms with van der Waals surface area (Å²) in [5, 5.41) is 2.77. The average molecular weight is 199 g/mol. The van der Waals surface area contributed by atoms with Crippen molar-refractivity contribution in [3.63, 3.8) is 0 Å². The normalized spacial score (nSPS) is 25.6. The first-order valence-corrected chi connectivity index (χ1v) is 4.84. The van der Waals surface area contributed by atoms with Gasteiger partial charge in [0, 0.05) is 25.6 Å². The van der Waals surface area contributed by atoms with Gasteiger partial charge in [0.2, 0.25) is 11.8 Å². The fourth-order valence-electron chi connectivity index (χ4n) is 1.81. The van der Waals surface area contributed by atoms with Crippen molar-refractivity contribution in [1.82, 2.24) is 10.2 Å². The molecule has 1 heterocycles. The molecular formula is C9H17N3O2. The zero-order valence-electron chi connectivity index (χ0n) is 8.62. The largest absolute Gasteiger partial charge is 0.370 e. The molecule has 0 radical (unpaired) electrons. The summed E-state index contributed by atoms with van der Waals surface area (Å²) >= 11 is 0. The Kier molecular flexibility index (Phi) is 3.46. The van der Waals surface area contributed by atoms with Crippen LogP contribution in [-0.4, -0.2) is 41.9 Å². The maximum Gasteiger partial charge on any atom is 0.237 e. The van der Waals surface area contributed by atoms with E-state index in [0.29, 0.717) is 13.0 Å². The second-order valence-corrected chi connectivity index (χ2v) is 3.72. The SMILES string of the molecule is CC(CC(N)=O)N1CCNC(=O)C1C. The highest BCUT2D eigenvalue weighted by atomic mass is 16.2. The number of piperazine rings is 1. The van der Waals surface area contributed by atoms with Crippen LogP contribution >= 0.6 is 0 Å². The number of nitrogens with zero attached hydrogens (tertiary/aromatic N) is 1. The Balaban J connectivity index is 2.57. The third-order valence-corrected chi connectivity index (χ3v) is 2.61. The molecule has 2 atom stereocenters. The summed E-state index contributed by atoms with van der Waals surface area (Å²) in [6.45, 7) is 5.18. The number of hydrogen-bond acceptors (Lipinski definition) is 3. The van der Waals surface area contributed by atoms with Crippen molar-refractivity contribution in [1.29, 1.82) is 0 Å². The summed E-state index contributed by atoms with van der Waals surface area (Å²) in [6.07, 6.45) is 0.303. The lowest BCUT2D eigenvalue weighted by molar-refractivity contribution is -0.130. The fraction of sp³-hybridized carbons (Fsp3) is 0.778. The van der Waals surface area contributed by atoms with Crippen LogP contribution in [0.2, 0.25) is 0 Å². The molecule has 0 aromatic heterocycles. The van der Waals surface area contributed by atoms with Crippen LogP contribution in [0, 0.1) is 0 Å². The number of nitrogens with one attached hydrogen (secondary N) is 1. The van der Waals surface area contributed by atoms with Crippen LogP contribution in [0.1, 0.15) is 20.3 Å². The number of primary amides is 1. The molecule has 0 spiro atoms. The van der Waals surface area contributed by atoms with Crippen LogP contribution in [0.15, 0.2) is 0 Å². The molecule has 3 N–H and O–H groups in total. The van der Waals surface area contributed by atoms with Crippen LogP contribution in [0.3, 0.4) is 0 Å². The summed E-state index contributed by atoms with van der Waals surface area (Å²) in [6, 6.07) is -0.133. The molecule has 5 heteroatoms. The van der Waals surface area contributed by atoms with E-state index in [1.807, 2.05) is 18.7 Å². The Morgan fingerprint density at radius 1 is 1.79 bits per heavy atom. The van der Waals surface area contributed by atoms with Gasteiger partial charge in [-0.3, -0.25) is 14.5 Å². The van der Waals surface area contributed by atoms with E-state index in [-0.39, 0.29) is 23.9 Å². The monoisotopic (exact) mass is 199 g/mol. The predicted octanol–water partition coefficient (Wildman–Crippen LogP) is -0.929. The fourth-order valence-corrected chi connectivity index (χ4v) is 1.81. The Bertz CT molecular complexity index is 242. The van der Waals surface area contributed by atoms with Crippen LogP contribution in [0.4, 0.5) is 0 Å². The van der Waals surface area contributed by atoms with E-state index in [0.717, 1.165) is 6.54 Å². The smallest absolute Gasteiger partial charge is 0.237 e. The van der Waals surface area contributed by atoms with Gasteiger partial charge in [-0.25, -0.2) is 0 Å². The molecule has 2 amide bonds. The Hall–Kier alpha value is -1.10. The van der Waals surface area contributed by atoms with Crippen molar-refractivity contribution < 1.29 is 9.59 Å². The molecule has 0 bridgehead atoms. The van der Waals surface area contributed by atoms with Crippen molar-refractivity contribution in [2.75, 3.05) is 13.1 Å². The van der Waals surface area contributed by atoms with Gasteiger partial charge in [0.15, 0.2) is 0 Å². The number of amides is 2. The van der Waals surface area contributed by atoms with Gasteiger partial charge in [-0.1, -0.05) is 0 Å². The first-order chi connectivity index (χ1) is 6.52. The highest BCUT2D eigenvalue weighted by Gasteiger charge is 2.29. The van der Waals surface area contributed by atoms with Gasteiger partial charge in [0.05, 0.1) is 6.04 Å². The van der Waals surface area contributed by atoms with Crippen molar-refractivity contribution in [3.8, 4) is 0 Å². The first-order valence-electron chi connectivity index (χ1n) is 4.84. The van der Waals surface area contributed by atoms with Gasteiger partial charge >= 0.3 is 0 Å². The van der Waals surface area contributed by atoms with Crippen molar-refractivity contribution in [2.24, 2.45) is 5.73 Å². The summed E-state index contributed by atoms with van der Waals surface area (Å²) in [5.74, 6) is -0.303. The van der Waals surface area contributed by atoms with E-state index in [1.54, 1.807) is 0 Å². The number of hydrogen-bond donors (Lipinski definition) is 2. The van der Waals surface area contributed by atoms with Crippen LogP contribution in [0.5, 0.6) is 0 Å². The first kappa shape index (κ1) is 11.0. The second-order valence-electron chi connectivity index (χ2n) is 3.72. The summed E-state index contributed by atoms with van der Waals surface area (Å²) in [4.78, 5) is 24.1. The number of rotatable bonds is 3. The molecule has 2 unspecified atom stereocenters. The maximum atomic E-state index is 11.3. The molecule has 0 aliphatic carbocycles. The minimum atomic E-state index is -0.323. The van der Waals surface area contributed by atoms with E-state index >= 15 is 0 Å². The third kappa shape index (κ3) is 2.45. The van der Waals surface area contributed by atoms with E-state index < -0.39 is 0 Å². The number of carbonyl (C=O) groups excluding carboxylic acids is 2. The highest BCUT2D eigenvalue weighted by Crippen LogP contribution is 2.11. The van der Waals surface area contributed by atoms with Gasteiger partial charge in [-0.05, 0) is 13.8 Å². The van der Waals surface area contributed by atoms with Crippen molar-refractivity contribution in [3.05, 3.63) is 0 Å². The molecule has 1 aliphatic rings. The molecule has 1 fully saturated rings. The van der Waals surface area contributed by atoms with E-state index in [4.69, 9.17) is 5.73 Å². The lowest BCUT2D eigenvalue weighted by Crippen LogP contribution is -2.57. The molecule has 0 aromatic rings. The van der Waals surface area contributed by atoms with Gasteiger partial charge in [-0.2, -0.15) is 0 Å². The lowest BCUT2D eigenvalue weighted by atomic mass is 10.1. The summed E-state index contributed by atoms with van der Waals surface area (Å²) in [7, 11) is 0. The molecule has 5 nitrogen and oxygen atoms in total. The summed E-state index contributed by atoms with van der Waals surface area (Å²) < 4.78 is 0. The number of carbonyl (C=O) groups is 2. The maximum absolute atomic E-state index is 11.3. The Labute approximate surface area is 83.6 Å². The Morgan fingerprint density at radius 3 is 3.00 bits per heavy atom. The standard InChI is InChI=1S/C9H17N3O2/c1-6(5-8(10)13)12-4-3-11-9(14)7(12)2/h6-7H,3-5H2,1-2H3,(H2,10,13)(H,11,14). The van der Waals surface area contributed by atoms with Gasteiger partial charge < -0.3 is 11.1 Å². The van der Waals surface area contributed by atoms with E-state index in [2.05, 4.69) is 5.32 Å².